The van der Waals surface area contributed by atoms with Gasteiger partial charge in [-0.25, -0.2) is 4.79 Å². The predicted molar refractivity (Wildman–Crippen MR) is 72.9 cm³/mol. The first-order chi connectivity index (χ1) is 9.33. The Morgan fingerprint density at radius 2 is 1.95 bits per heavy atom. The van der Waals surface area contributed by atoms with Gasteiger partial charge in [-0.2, -0.15) is 0 Å². The van der Waals surface area contributed by atoms with Crippen molar-refractivity contribution in [3.63, 3.8) is 0 Å². The molecule has 2 N–H and O–H groups in total. The van der Waals surface area contributed by atoms with Gasteiger partial charge in [-0.1, -0.05) is 19.3 Å². The maximum absolute atomic E-state index is 12.1. The minimum absolute atomic E-state index is 0.0223. The number of fused-ring (bicyclic) bond motifs is 1. The summed E-state index contributed by atoms with van der Waals surface area (Å²) in [5, 5.41) is 6.21. The second-order valence-corrected chi connectivity index (χ2v) is 5.70. The van der Waals surface area contributed by atoms with Crippen LogP contribution in [0, 0.1) is 0 Å². The molecule has 0 bridgehead atoms. The third-order valence-electron chi connectivity index (χ3n) is 4.30. The van der Waals surface area contributed by atoms with Crippen molar-refractivity contribution in [3.8, 4) is 0 Å². The van der Waals surface area contributed by atoms with Crippen molar-refractivity contribution in [2.24, 2.45) is 0 Å². The van der Waals surface area contributed by atoms with E-state index in [-0.39, 0.29) is 12.1 Å². The van der Waals surface area contributed by atoms with E-state index in [1.165, 1.54) is 19.3 Å². The summed E-state index contributed by atoms with van der Waals surface area (Å²) in [6.07, 6.45) is 10.8. The molecule has 3 rings (SSSR count). The number of hydrogen-bond acceptors (Lipinski definition) is 2. The highest BCUT2D eigenvalue weighted by Gasteiger charge is 2.25. The van der Waals surface area contributed by atoms with Crippen LogP contribution in [0.15, 0.2) is 16.7 Å². The lowest BCUT2D eigenvalue weighted by atomic mass is 9.93. The summed E-state index contributed by atoms with van der Waals surface area (Å²) in [6, 6.07) is 2.44. The molecule has 1 aromatic heterocycles. The Morgan fingerprint density at radius 1 is 1.11 bits per heavy atom. The standard InChI is InChI=1S/C15H22N2O2/c18-15(16-11-5-2-1-3-6-11)17-13-7-4-8-14-12(13)9-10-19-14/h9-11,13H,1-8H2,(H2,16,17,18). The first-order valence-electron chi connectivity index (χ1n) is 7.46. The zero-order valence-corrected chi connectivity index (χ0v) is 11.3. The smallest absolute Gasteiger partial charge is 0.315 e. The average Bonchev–Trinajstić information content (AvgIpc) is 2.89. The van der Waals surface area contributed by atoms with Crippen molar-refractivity contribution in [2.45, 2.75) is 63.5 Å². The van der Waals surface area contributed by atoms with Crippen LogP contribution in [0.1, 0.15) is 62.3 Å². The van der Waals surface area contributed by atoms with Crippen molar-refractivity contribution >= 4 is 6.03 Å². The predicted octanol–water partition coefficient (Wildman–Crippen LogP) is 3.29. The molecule has 2 aliphatic carbocycles. The molecular formula is C15H22N2O2. The van der Waals surface area contributed by atoms with E-state index in [4.69, 9.17) is 4.42 Å². The summed E-state index contributed by atoms with van der Waals surface area (Å²) < 4.78 is 5.45. The number of urea groups is 1. The number of carbonyl (C=O) groups is 1. The molecule has 1 unspecified atom stereocenters. The lowest BCUT2D eigenvalue weighted by Crippen LogP contribution is -2.44. The van der Waals surface area contributed by atoms with Crippen LogP contribution in [0.2, 0.25) is 0 Å². The van der Waals surface area contributed by atoms with E-state index in [2.05, 4.69) is 10.6 Å². The van der Waals surface area contributed by atoms with E-state index < -0.39 is 0 Å². The molecule has 1 atom stereocenters. The van der Waals surface area contributed by atoms with Crippen molar-refractivity contribution in [1.82, 2.24) is 10.6 Å². The number of carbonyl (C=O) groups excluding carboxylic acids is 1. The van der Waals surface area contributed by atoms with Gasteiger partial charge >= 0.3 is 6.03 Å². The Morgan fingerprint density at radius 3 is 2.79 bits per heavy atom. The van der Waals surface area contributed by atoms with E-state index in [9.17, 15) is 4.79 Å². The highest BCUT2D eigenvalue weighted by atomic mass is 16.3. The number of furan rings is 1. The van der Waals surface area contributed by atoms with Crippen LogP contribution in [0.5, 0.6) is 0 Å². The van der Waals surface area contributed by atoms with Gasteiger partial charge in [-0.3, -0.25) is 0 Å². The molecule has 1 saturated carbocycles. The van der Waals surface area contributed by atoms with Crippen molar-refractivity contribution in [1.29, 1.82) is 0 Å². The van der Waals surface area contributed by atoms with Crippen molar-refractivity contribution in [2.75, 3.05) is 0 Å². The number of aryl methyl sites for hydroxylation is 1. The van der Waals surface area contributed by atoms with Crippen LogP contribution in [0.4, 0.5) is 4.79 Å². The number of nitrogens with one attached hydrogen (secondary N) is 2. The SMILES string of the molecule is O=C(NC1CCCCC1)NC1CCCc2occc21. The fourth-order valence-corrected chi connectivity index (χ4v) is 3.27. The molecule has 0 saturated heterocycles. The third-order valence-corrected chi connectivity index (χ3v) is 4.30. The van der Waals surface area contributed by atoms with Crippen LogP contribution < -0.4 is 10.6 Å². The molecule has 4 heteroatoms. The molecule has 0 spiro atoms. The Bertz CT molecular complexity index is 435. The van der Waals surface area contributed by atoms with Gasteiger partial charge in [0.25, 0.3) is 0 Å². The molecule has 4 nitrogen and oxygen atoms in total. The highest BCUT2D eigenvalue weighted by Crippen LogP contribution is 2.30. The fraction of sp³-hybridized carbons (Fsp3) is 0.667. The molecule has 1 heterocycles. The molecule has 0 radical (unpaired) electrons. The average molecular weight is 262 g/mol. The third kappa shape index (κ3) is 2.94. The number of hydrogen-bond donors (Lipinski definition) is 2. The van der Waals surface area contributed by atoms with Gasteiger partial charge in [0.05, 0.1) is 12.3 Å². The van der Waals surface area contributed by atoms with Gasteiger partial charge in [0, 0.05) is 18.0 Å². The summed E-state index contributed by atoms with van der Waals surface area (Å²) in [5.74, 6) is 1.04. The van der Waals surface area contributed by atoms with Gasteiger partial charge in [0.2, 0.25) is 0 Å². The largest absolute Gasteiger partial charge is 0.469 e. The van der Waals surface area contributed by atoms with Crippen LogP contribution >= 0.6 is 0 Å². The number of rotatable bonds is 2. The Kier molecular flexibility index (Phi) is 3.76. The lowest BCUT2D eigenvalue weighted by Gasteiger charge is -2.26. The van der Waals surface area contributed by atoms with E-state index in [1.54, 1.807) is 6.26 Å². The summed E-state index contributed by atoms with van der Waals surface area (Å²) in [4.78, 5) is 12.1. The minimum atomic E-state index is -0.0223. The van der Waals surface area contributed by atoms with Gasteiger partial charge in [-0.05, 0) is 31.7 Å². The monoisotopic (exact) mass is 262 g/mol. The molecule has 0 aromatic carbocycles. The van der Waals surface area contributed by atoms with Gasteiger partial charge in [-0.15, -0.1) is 0 Å². The number of amides is 2. The molecule has 0 aliphatic heterocycles. The maximum atomic E-state index is 12.1. The van der Waals surface area contributed by atoms with Crippen LogP contribution in [-0.4, -0.2) is 12.1 Å². The van der Waals surface area contributed by atoms with Crippen molar-refractivity contribution in [3.05, 3.63) is 23.7 Å². The quantitative estimate of drug-likeness (QED) is 0.859. The topological polar surface area (TPSA) is 54.3 Å². The Hall–Kier alpha value is -1.45. The first kappa shape index (κ1) is 12.6. The van der Waals surface area contributed by atoms with Gasteiger partial charge < -0.3 is 15.1 Å². The maximum Gasteiger partial charge on any atom is 0.315 e. The minimum Gasteiger partial charge on any atom is -0.469 e. The zero-order valence-electron chi connectivity index (χ0n) is 11.3. The highest BCUT2D eigenvalue weighted by molar-refractivity contribution is 5.74. The van der Waals surface area contributed by atoms with E-state index >= 15 is 0 Å². The molecule has 2 amide bonds. The first-order valence-corrected chi connectivity index (χ1v) is 7.46. The molecule has 2 aliphatic rings. The van der Waals surface area contributed by atoms with Crippen LogP contribution in [0.25, 0.3) is 0 Å². The zero-order chi connectivity index (χ0) is 13.1. The molecule has 1 fully saturated rings. The van der Waals surface area contributed by atoms with E-state index in [0.717, 1.165) is 43.4 Å². The van der Waals surface area contributed by atoms with E-state index in [0.29, 0.717) is 6.04 Å². The molecular weight excluding hydrogens is 240 g/mol. The van der Waals surface area contributed by atoms with E-state index in [1.807, 2.05) is 6.07 Å². The lowest BCUT2D eigenvalue weighted by molar-refractivity contribution is 0.227. The summed E-state index contributed by atoms with van der Waals surface area (Å²) in [7, 11) is 0. The molecule has 19 heavy (non-hydrogen) atoms. The molecule has 104 valence electrons. The fourth-order valence-electron chi connectivity index (χ4n) is 3.27. The molecule has 1 aromatic rings. The summed E-state index contributed by atoms with van der Waals surface area (Å²) in [5.41, 5.74) is 1.16. The van der Waals surface area contributed by atoms with Crippen LogP contribution in [0.3, 0.4) is 0 Å². The van der Waals surface area contributed by atoms with Crippen LogP contribution in [-0.2, 0) is 6.42 Å². The second kappa shape index (κ2) is 5.68. The second-order valence-electron chi connectivity index (χ2n) is 5.70. The summed E-state index contributed by atoms with van der Waals surface area (Å²) in [6.45, 7) is 0. The Balaban J connectivity index is 1.55. The normalized spacial score (nSPS) is 23.7. The van der Waals surface area contributed by atoms with Crippen molar-refractivity contribution < 1.29 is 9.21 Å². The van der Waals surface area contributed by atoms with Gasteiger partial charge in [0.15, 0.2) is 0 Å². The summed E-state index contributed by atoms with van der Waals surface area (Å²) >= 11 is 0. The Labute approximate surface area is 113 Å². The van der Waals surface area contributed by atoms with Gasteiger partial charge in [0.1, 0.15) is 5.76 Å².